The van der Waals surface area contributed by atoms with Crippen molar-refractivity contribution in [2.45, 2.75) is 13.8 Å². The highest BCUT2D eigenvalue weighted by Gasteiger charge is 2.11. The van der Waals surface area contributed by atoms with Crippen LogP contribution in [-0.2, 0) is 4.79 Å². The lowest BCUT2D eigenvalue weighted by molar-refractivity contribution is -0.131. The Kier molecular flexibility index (Phi) is 3.75. The van der Waals surface area contributed by atoms with Crippen molar-refractivity contribution >= 4 is 28.0 Å². The number of carboxylic acid groups (broad SMARTS) is 1. The van der Waals surface area contributed by atoms with Gasteiger partial charge in [-0.2, -0.15) is 5.10 Å². The van der Waals surface area contributed by atoms with E-state index in [1.807, 2.05) is 13.8 Å². The van der Waals surface area contributed by atoms with Crippen molar-refractivity contribution in [2.24, 2.45) is 0 Å². The van der Waals surface area contributed by atoms with Crippen molar-refractivity contribution in [3.05, 3.63) is 39.9 Å². The summed E-state index contributed by atoms with van der Waals surface area (Å²) in [6.45, 7) is 3.79. The second kappa shape index (κ2) is 5.31. The average molecular weight is 323 g/mol. The van der Waals surface area contributed by atoms with Gasteiger partial charge in [0.1, 0.15) is 0 Å². The van der Waals surface area contributed by atoms with Crippen molar-refractivity contribution in [3.8, 4) is 5.95 Å². The summed E-state index contributed by atoms with van der Waals surface area (Å²) in [7, 11) is 0. The molecule has 0 atom stereocenters. The van der Waals surface area contributed by atoms with Gasteiger partial charge < -0.3 is 5.11 Å². The summed E-state index contributed by atoms with van der Waals surface area (Å²) < 4.78 is 2.55. The third-order valence-corrected chi connectivity index (χ3v) is 3.62. The topological polar surface area (TPSA) is 80.9 Å². The minimum absolute atomic E-state index is 0.443. The van der Waals surface area contributed by atoms with Gasteiger partial charge in [-0.25, -0.2) is 19.4 Å². The number of hydrogen-bond acceptors (Lipinski definition) is 4. The number of hydrogen-bond donors (Lipinski definition) is 1. The van der Waals surface area contributed by atoms with Gasteiger partial charge in [0.2, 0.25) is 0 Å². The molecule has 7 heteroatoms. The Labute approximate surface area is 117 Å². The molecular formula is C12H11BrN4O2. The van der Waals surface area contributed by atoms with Crippen molar-refractivity contribution in [3.63, 3.8) is 0 Å². The number of halogens is 1. The predicted molar refractivity (Wildman–Crippen MR) is 73.0 cm³/mol. The van der Waals surface area contributed by atoms with E-state index >= 15 is 0 Å². The molecule has 0 bridgehead atoms. The van der Waals surface area contributed by atoms with E-state index in [1.165, 1.54) is 6.08 Å². The van der Waals surface area contributed by atoms with E-state index < -0.39 is 5.97 Å². The minimum atomic E-state index is -1.01. The maximum Gasteiger partial charge on any atom is 0.328 e. The summed E-state index contributed by atoms with van der Waals surface area (Å²) in [4.78, 5) is 18.7. The van der Waals surface area contributed by atoms with Gasteiger partial charge in [0.15, 0.2) is 0 Å². The molecule has 2 aromatic heterocycles. The largest absolute Gasteiger partial charge is 0.478 e. The molecular weight excluding hydrogens is 312 g/mol. The van der Waals surface area contributed by atoms with E-state index in [9.17, 15) is 4.79 Å². The van der Waals surface area contributed by atoms with Crippen molar-refractivity contribution in [1.29, 1.82) is 0 Å². The van der Waals surface area contributed by atoms with Gasteiger partial charge in [-0.3, -0.25) is 0 Å². The fourth-order valence-corrected chi connectivity index (χ4v) is 1.76. The van der Waals surface area contributed by atoms with Crippen LogP contribution in [0.4, 0.5) is 0 Å². The van der Waals surface area contributed by atoms with Gasteiger partial charge in [0.05, 0.1) is 15.9 Å². The first-order chi connectivity index (χ1) is 8.99. The van der Waals surface area contributed by atoms with Crippen LogP contribution in [0.3, 0.4) is 0 Å². The highest BCUT2D eigenvalue weighted by atomic mass is 79.9. The highest BCUT2D eigenvalue weighted by molar-refractivity contribution is 9.10. The molecule has 0 saturated heterocycles. The van der Waals surface area contributed by atoms with Crippen LogP contribution in [0.1, 0.15) is 17.0 Å². The Morgan fingerprint density at radius 2 is 2.00 bits per heavy atom. The predicted octanol–water partition coefficient (Wildman–Crippen LogP) is 2.14. The summed E-state index contributed by atoms with van der Waals surface area (Å²) in [5.74, 6) is -0.565. The Hall–Kier alpha value is -2.02. The van der Waals surface area contributed by atoms with Crippen LogP contribution in [-0.4, -0.2) is 30.8 Å². The van der Waals surface area contributed by atoms with Crippen LogP contribution in [0.5, 0.6) is 0 Å². The lowest BCUT2D eigenvalue weighted by Gasteiger charge is -2.02. The summed E-state index contributed by atoms with van der Waals surface area (Å²) in [5, 5.41) is 12.8. The molecule has 0 radical (unpaired) electrons. The first kappa shape index (κ1) is 13.4. The summed E-state index contributed by atoms with van der Waals surface area (Å²) >= 11 is 3.44. The third kappa shape index (κ3) is 2.87. The van der Waals surface area contributed by atoms with E-state index in [2.05, 4.69) is 31.0 Å². The maximum atomic E-state index is 10.4. The second-order valence-electron chi connectivity index (χ2n) is 3.88. The van der Waals surface area contributed by atoms with Crippen LogP contribution in [0.25, 0.3) is 12.0 Å². The third-order valence-electron chi connectivity index (χ3n) is 2.47. The molecule has 2 rings (SSSR count). The average Bonchev–Trinajstić information content (AvgIpc) is 2.65. The van der Waals surface area contributed by atoms with E-state index in [0.717, 1.165) is 21.9 Å². The van der Waals surface area contributed by atoms with Gasteiger partial charge in [0, 0.05) is 24.0 Å². The zero-order valence-electron chi connectivity index (χ0n) is 10.3. The monoisotopic (exact) mass is 322 g/mol. The molecule has 0 amide bonds. The molecule has 2 heterocycles. The Morgan fingerprint density at radius 1 is 1.37 bits per heavy atom. The molecule has 1 N–H and O–H groups in total. The number of carbonyl (C=O) groups is 1. The lowest BCUT2D eigenvalue weighted by Crippen LogP contribution is -2.04. The molecule has 0 unspecified atom stereocenters. The smallest absolute Gasteiger partial charge is 0.328 e. The molecule has 0 aliphatic rings. The van der Waals surface area contributed by atoms with Gasteiger partial charge in [-0.1, -0.05) is 0 Å². The van der Waals surface area contributed by atoms with Crippen molar-refractivity contribution in [2.75, 3.05) is 0 Å². The highest BCUT2D eigenvalue weighted by Crippen LogP contribution is 2.21. The van der Waals surface area contributed by atoms with Crippen LogP contribution in [0.15, 0.2) is 22.9 Å². The number of aromatic nitrogens is 4. The summed E-state index contributed by atoms with van der Waals surface area (Å²) in [6.07, 6.45) is 5.57. The zero-order valence-corrected chi connectivity index (χ0v) is 11.9. The molecule has 0 aromatic carbocycles. The standard InChI is InChI=1S/C12H11BrN4O2/c1-7-11(13)8(2)17(16-7)12-14-5-9(6-15-12)3-4-10(18)19/h3-6H,1-2H3,(H,18,19)/b4-3+. The van der Waals surface area contributed by atoms with Crippen LogP contribution < -0.4 is 0 Å². The second-order valence-corrected chi connectivity index (χ2v) is 4.68. The number of rotatable bonds is 3. The van der Waals surface area contributed by atoms with Gasteiger partial charge in [0.25, 0.3) is 5.95 Å². The molecule has 0 spiro atoms. The number of aliphatic carboxylic acids is 1. The van der Waals surface area contributed by atoms with Crippen LogP contribution in [0, 0.1) is 13.8 Å². The van der Waals surface area contributed by atoms with Gasteiger partial charge in [-0.05, 0) is 35.9 Å². The first-order valence-corrected chi connectivity index (χ1v) is 6.23. The normalized spacial score (nSPS) is 11.1. The molecule has 6 nitrogen and oxygen atoms in total. The fourth-order valence-electron chi connectivity index (χ4n) is 1.51. The quantitative estimate of drug-likeness (QED) is 0.875. The molecule has 19 heavy (non-hydrogen) atoms. The van der Waals surface area contributed by atoms with Gasteiger partial charge >= 0.3 is 5.97 Å². The molecule has 0 saturated carbocycles. The first-order valence-electron chi connectivity index (χ1n) is 5.44. The van der Waals surface area contributed by atoms with E-state index in [4.69, 9.17) is 5.11 Å². The van der Waals surface area contributed by atoms with E-state index in [0.29, 0.717) is 11.5 Å². The summed E-state index contributed by atoms with van der Waals surface area (Å²) in [5.41, 5.74) is 2.38. The van der Waals surface area contributed by atoms with E-state index in [1.54, 1.807) is 17.1 Å². The minimum Gasteiger partial charge on any atom is -0.478 e. The van der Waals surface area contributed by atoms with Crippen molar-refractivity contribution < 1.29 is 9.90 Å². The maximum absolute atomic E-state index is 10.4. The van der Waals surface area contributed by atoms with Crippen LogP contribution in [0.2, 0.25) is 0 Å². The van der Waals surface area contributed by atoms with Crippen LogP contribution >= 0.6 is 15.9 Å². The molecule has 0 fully saturated rings. The van der Waals surface area contributed by atoms with Crippen molar-refractivity contribution in [1.82, 2.24) is 19.7 Å². The SMILES string of the molecule is Cc1nn(-c2ncc(/C=C/C(=O)O)cn2)c(C)c1Br. The molecule has 2 aromatic rings. The molecule has 98 valence electrons. The van der Waals surface area contributed by atoms with Gasteiger partial charge in [-0.15, -0.1) is 0 Å². The Morgan fingerprint density at radius 3 is 2.47 bits per heavy atom. The number of aryl methyl sites for hydroxylation is 1. The van der Waals surface area contributed by atoms with E-state index in [-0.39, 0.29) is 0 Å². The number of nitrogens with zero attached hydrogens (tertiary/aromatic N) is 4. The lowest BCUT2D eigenvalue weighted by atomic mass is 10.3. The molecule has 0 aliphatic carbocycles. The fraction of sp³-hybridized carbons (Fsp3) is 0.167. The zero-order chi connectivity index (χ0) is 14.0. The Bertz CT molecular complexity index is 646. The summed E-state index contributed by atoms with van der Waals surface area (Å²) in [6, 6.07) is 0. The number of carboxylic acids is 1. The molecule has 0 aliphatic heterocycles. The Balaban J connectivity index is 2.32.